The lowest BCUT2D eigenvalue weighted by atomic mass is 10.1. The van der Waals surface area contributed by atoms with E-state index in [1.807, 2.05) is 43.0 Å². The first kappa shape index (κ1) is 13.1. The second kappa shape index (κ2) is 7.34. The van der Waals surface area contributed by atoms with Crippen LogP contribution in [0.1, 0.15) is 32.6 Å². The summed E-state index contributed by atoms with van der Waals surface area (Å²) in [4.78, 5) is 12.3. The van der Waals surface area contributed by atoms with Gasteiger partial charge in [-0.1, -0.05) is 6.92 Å². The predicted octanol–water partition coefficient (Wildman–Crippen LogP) is 3.51. The van der Waals surface area contributed by atoms with Crippen molar-refractivity contribution in [1.29, 1.82) is 0 Å². The number of hydrogen-bond donors (Lipinski definition) is 1. The van der Waals surface area contributed by atoms with E-state index in [-0.39, 0.29) is 0 Å². The maximum atomic E-state index is 11.1. The van der Waals surface area contributed by atoms with Gasteiger partial charge in [0.1, 0.15) is 5.78 Å². The summed E-state index contributed by atoms with van der Waals surface area (Å²) in [5.41, 5.74) is 6.41. The van der Waals surface area contributed by atoms with Crippen LogP contribution >= 0.6 is 11.8 Å². The maximum absolute atomic E-state index is 11.1. The molecule has 0 amide bonds. The first-order valence-electron chi connectivity index (χ1n) is 5.72. The zero-order valence-corrected chi connectivity index (χ0v) is 10.6. The highest BCUT2D eigenvalue weighted by atomic mass is 32.2. The second-order valence-electron chi connectivity index (χ2n) is 3.77. The quantitative estimate of drug-likeness (QED) is 0.448. The first-order chi connectivity index (χ1) is 7.72. The minimum Gasteiger partial charge on any atom is -0.399 e. The number of benzene rings is 1. The topological polar surface area (TPSA) is 43.1 Å². The fourth-order valence-electron chi connectivity index (χ4n) is 1.36. The molecule has 0 spiro atoms. The smallest absolute Gasteiger partial charge is 0.132 e. The Kier molecular flexibility index (Phi) is 6.01. The Morgan fingerprint density at radius 3 is 2.56 bits per heavy atom. The molecule has 0 saturated heterocycles. The molecule has 0 fully saturated rings. The number of carbonyl (C=O) groups excluding carboxylic acids is 1. The number of nitrogens with two attached hydrogens (primary N) is 1. The number of hydrogen-bond acceptors (Lipinski definition) is 3. The molecule has 0 bridgehead atoms. The van der Waals surface area contributed by atoms with Crippen LogP contribution in [0.3, 0.4) is 0 Å². The molecule has 0 aromatic heterocycles. The third-order valence-electron chi connectivity index (χ3n) is 2.39. The van der Waals surface area contributed by atoms with Crippen LogP contribution in [0.25, 0.3) is 0 Å². The number of ketones is 1. The number of nitrogen functional groups attached to an aromatic ring is 1. The molecule has 88 valence electrons. The molecule has 0 unspecified atom stereocenters. The van der Waals surface area contributed by atoms with Crippen molar-refractivity contribution in [1.82, 2.24) is 0 Å². The van der Waals surface area contributed by atoms with Crippen molar-refractivity contribution < 1.29 is 4.79 Å². The third kappa shape index (κ3) is 5.21. The lowest BCUT2D eigenvalue weighted by molar-refractivity contribution is -0.118. The molecule has 0 radical (unpaired) electrons. The number of unbranched alkanes of at least 4 members (excludes halogenated alkanes) is 1. The van der Waals surface area contributed by atoms with Gasteiger partial charge < -0.3 is 5.73 Å². The molecule has 0 aliphatic heterocycles. The van der Waals surface area contributed by atoms with Crippen LogP contribution in [-0.2, 0) is 4.79 Å². The molecule has 0 aliphatic rings. The minimum atomic E-state index is 0.373. The molecule has 0 atom stereocenters. The summed E-state index contributed by atoms with van der Waals surface area (Å²) in [6.45, 7) is 1.92. The van der Waals surface area contributed by atoms with Gasteiger partial charge in [0.2, 0.25) is 0 Å². The van der Waals surface area contributed by atoms with Gasteiger partial charge in [0.05, 0.1) is 0 Å². The van der Waals surface area contributed by atoms with E-state index >= 15 is 0 Å². The molecule has 1 aromatic carbocycles. The largest absolute Gasteiger partial charge is 0.399 e. The van der Waals surface area contributed by atoms with Crippen LogP contribution in [0.2, 0.25) is 0 Å². The van der Waals surface area contributed by atoms with Gasteiger partial charge in [0.15, 0.2) is 0 Å². The summed E-state index contributed by atoms with van der Waals surface area (Å²) in [6.07, 6.45) is 3.51. The average molecular weight is 237 g/mol. The minimum absolute atomic E-state index is 0.373. The lowest BCUT2D eigenvalue weighted by Crippen LogP contribution is -1.94. The van der Waals surface area contributed by atoms with Crippen molar-refractivity contribution in [3.8, 4) is 0 Å². The molecular weight excluding hydrogens is 218 g/mol. The summed E-state index contributed by atoms with van der Waals surface area (Å²) >= 11 is 1.82. The van der Waals surface area contributed by atoms with E-state index in [1.54, 1.807) is 0 Å². The molecule has 3 heteroatoms. The van der Waals surface area contributed by atoms with Crippen molar-refractivity contribution in [3.05, 3.63) is 24.3 Å². The molecule has 1 aromatic rings. The first-order valence-corrected chi connectivity index (χ1v) is 6.71. The highest BCUT2D eigenvalue weighted by molar-refractivity contribution is 7.99. The van der Waals surface area contributed by atoms with Crippen molar-refractivity contribution in [2.24, 2.45) is 0 Å². The van der Waals surface area contributed by atoms with Gasteiger partial charge in [-0.3, -0.25) is 4.79 Å². The SMILES string of the molecule is CCC(=O)CCCCSc1ccc(N)cc1. The van der Waals surface area contributed by atoms with Crippen LogP contribution in [0.5, 0.6) is 0 Å². The summed E-state index contributed by atoms with van der Waals surface area (Å²) in [5.74, 6) is 1.44. The normalized spacial score (nSPS) is 10.3. The molecule has 0 saturated carbocycles. The monoisotopic (exact) mass is 237 g/mol. The lowest BCUT2D eigenvalue weighted by Gasteiger charge is -2.02. The standard InChI is InChI=1S/C13H19NOS/c1-2-12(15)5-3-4-10-16-13-8-6-11(14)7-9-13/h6-9H,2-5,10,14H2,1H3. The zero-order chi connectivity index (χ0) is 11.8. The van der Waals surface area contributed by atoms with E-state index in [9.17, 15) is 4.79 Å². The summed E-state index contributed by atoms with van der Waals surface area (Å²) in [5, 5.41) is 0. The van der Waals surface area contributed by atoms with E-state index in [0.717, 1.165) is 30.7 Å². The van der Waals surface area contributed by atoms with E-state index in [1.165, 1.54) is 4.90 Å². The molecule has 2 nitrogen and oxygen atoms in total. The number of Topliss-reactive ketones (excluding diaryl/α,β-unsaturated/α-hetero) is 1. The van der Waals surface area contributed by atoms with Crippen LogP contribution in [0.15, 0.2) is 29.2 Å². The highest BCUT2D eigenvalue weighted by Gasteiger charge is 1.98. The molecular formula is C13H19NOS. The van der Waals surface area contributed by atoms with E-state index < -0.39 is 0 Å². The Balaban J connectivity index is 2.11. The van der Waals surface area contributed by atoms with Gasteiger partial charge in [0.25, 0.3) is 0 Å². The Bertz CT molecular complexity index is 321. The Hall–Kier alpha value is -0.960. The predicted molar refractivity (Wildman–Crippen MR) is 70.7 cm³/mol. The average Bonchev–Trinajstić information content (AvgIpc) is 2.31. The highest BCUT2D eigenvalue weighted by Crippen LogP contribution is 2.20. The van der Waals surface area contributed by atoms with Crippen LogP contribution in [0, 0.1) is 0 Å². The van der Waals surface area contributed by atoms with Gasteiger partial charge in [-0.2, -0.15) is 0 Å². The van der Waals surface area contributed by atoms with Crippen molar-refractivity contribution >= 4 is 23.2 Å². The van der Waals surface area contributed by atoms with Gasteiger partial charge >= 0.3 is 0 Å². The second-order valence-corrected chi connectivity index (χ2v) is 4.94. The molecule has 0 heterocycles. The van der Waals surface area contributed by atoms with E-state index in [4.69, 9.17) is 5.73 Å². The molecule has 2 N–H and O–H groups in total. The van der Waals surface area contributed by atoms with Gasteiger partial charge in [-0.05, 0) is 42.9 Å². The van der Waals surface area contributed by atoms with Crippen molar-refractivity contribution in [2.75, 3.05) is 11.5 Å². The third-order valence-corrected chi connectivity index (χ3v) is 3.49. The Morgan fingerprint density at radius 1 is 1.25 bits per heavy atom. The zero-order valence-electron chi connectivity index (χ0n) is 9.74. The Morgan fingerprint density at radius 2 is 1.94 bits per heavy atom. The molecule has 0 aliphatic carbocycles. The maximum Gasteiger partial charge on any atom is 0.132 e. The van der Waals surface area contributed by atoms with Crippen LogP contribution in [0.4, 0.5) is 5.69 Å². The number of rotatable bonds is 7. The van der Waals surface area contributed by atoms with Crippen LogP contribution < -0.4 is 5.73 Å². The number of anilines is 1. The van der Waals surface area contributed by atoms with E-state index in [0.29, 0.717) is 12.2 Å². The summed E-state index contributed by atoms with van der Waals surface area (Å²) < 4.78 is 0. The van der Waals surface area contributed by atoms with Crippen molar-refractivity contribution in [2.45, 2.75) is 37.5 Å². The number of thioether (sulfide) groups is 1. The molecule has 1 rings (SSSR count). The van der Waals surface area contributed by atoms with Gasteiger partial charge in [-0.25, -0.2) is 0 Å². The summed E-state index contributed by atoms with van der Waals surface area (Å²) in [6, 6.07) is 7.92. The van der Waals surface area contributed by atoms with Gasteiger partial charge in [0, 0.05) is 23.4 Å². The molecule has 16 heavy (non-hydrogen) atoms. The van der Waals surface area contributed by atoms with Crippen LogP contribution in [-0.4, -0.2) is 11.5 Å². The fraction of sp³-hybridized carbons (Fsp3) is 0.462. The fourth-order valence-corrected chi connectivity index (χ4v) is 2.27. The van der Waals surface area contributed by atoms with Crippen molar-refractivity contribution in [3.63, 3.8) is 0 Å². The number of carbonyl (C=O) groups is 1. The summed E-state index contributed by atoms with van der Waals surface area (Å²) in [7, 11) is 0. The Labute approximate surface area is 102 Å². The van der Waals surface area contributed by atoms with E-state index in [2.05, 4.69) is 0 Å². The van der Waals surface area contributed by atoms with Gasteiger partial charge in [-0.15, -0.1) is 11.8 Å².